The fraction of sp³-hybridized carbons (Fsp3) is 0.600. The van der Waals surface area contributed by atoms with E-state index in [-0.39, 0.29) is 0 Å². The Balaban J connectivity index is 1.93. The number of fused-ring (bicyclic) bond motifs is 3. The molecule has 0 amide bonds. The van der Waals surface area contributed by atoms with Gasteiger partial charge in [-0.1, -0.05) is 26.0 Å². The summed E-state index contributed by atoms with van der Waals surface area (Å²) in [5.74, 6) is 0.638. The summed E-state index contributed by atoms with van der Waals surface area (Å²) in [6.45, 7) is 8.08. The Labute approximate surface area is 104 Å². The molecule has 0 radical (unpaired) electrons. The predicted octanol–water partition coefficient (Wildman–Crippen LogP) is 2.53. The zero-order valence-electron chi connectivity index (χ0n) is 10.9. The third kappa shape index (κ3) is 1.95. The van der Waals surface area contributed by atoms with Crippen LogP contribution in [-0.2, 0) is 6.42 Å². The first-order chi connectivity index (χ1) is 8.25. The van der Waals surface area contributed by atoms with E-state index in [0.29, 0.717) is 12.0 Å². The van der Waals surface area contributed by atoms with Crippen LogP contribution in [0, 0.1) is 0 Å². The highest BCUT2D eigenvalue weighted by Crippen LogP contribution is 2.34. The summed E-state index contributed by atoms with van der Waals surface area (Å²) in [4.78, 5) is 2.61. The lowest BCUT2D eigenvalue weighted by molar-refractivity contribution is 0.613. The molecule has 1 saturated heterocycles. The number of nitrogens with zero attached hydrogens (tertiary/aromatic N) is 1. The van der Waals surface area contributed by atoms with Crippen molar-refractivity contribution in [3.63, 3.8) is 0 Å². The molecule has 1 atom stereocenters. The standard InChI is InChI=1S/C15H22N2/c1-11(2)12-4-5-15-13(8-12)9-14-10-16-6-3-7-17(14)15/h4-5,8,11,14,16H,3,6-7,9-10H2,1-2H3. The van der Waals surface area contributed by atoms with E-state index in [4.69, 9.17) is 0 Å². The maximum atomic E-state index is 3.55. The van der Waals surface area contributed by atoms with Gasteiger partial charge in [-0.15, -0.1) is 0 Å². The molecule has 3 rings (SSSR count). The maximum absolute atomic E-state index is 3.55. The maximum Gasteiger partial charge on any atom is 0.0455 e. The Hall–Kier alpha value is -1.02. The smallest absolute Gasteiger partial charge is 0.0455 e. The van der Waals surface area contributed by atoms with E-state index >= 15 is 0 Å². The van der Waals surface area contributed by atoms with Crippen LogP contribution >= 0.6 is 0 Å². The van der Waals surface area contributed by atoms with E-state index in [0.717, 1.165) is 6.54 Å². The SMILES string of the molecule is CC(C)c1ccc2c(c1)CC1CNCCCN21. The second-order valence-electron chi connectivity index (χ2n) is 5.65. The number of hydrogen-bond acceptors (Lipinski definition) is 2. The minimum absolute atomic E-state index is 0.638. The van der Waals surface area contributed by atoms with Crippen molar-refractivity contribution >= 4 is 5.69 Å². The van der Waals surface area contributed by atoms with Crippen LogP contribution in [0.15, 0.2) is 18.2 Å². The molecular weight excluding hydrogens is 208 g/mol. The predicted molar refractivity (Wildman–Crippen MR) is 72.9 cm³/mol. The molecule has 1 fully saturated rings. The molecule has 0 saturated carbocycles. The largest absolute Gasteiger partial charge is 0.367 e. The van der Waals surface area contributed by atoms with E-state index in [1.54, 1.807) is 5.56 Å². The third-order valence-corrected chi connectivity index (χ3v) is 4.11. The number of hydrogen-bond donors (Lipinski definition) is 1. The number of benzene rings is 1. The van der Waals surface area contributed by atoms with Gasteiger partial charge in [-0.25, -0.2) is 0 Å². The highest BCUT2D eigenvalue weighted by molar-refractivity contribution is 5.61. The summed E-state index contributed by atoms with van der Waals surface area (Å²) in [7, 11) is 0. The third-order valence-electron chi connectivity index (χ3n) is 4.11. The fourth-order valence-corrected chi connectivity index (χ4v) is 3.10. The van der Waals surface area contributed by atoms with Crippen molar-refractivity contribution in [2.24, 2.45) is 0 Å². The Bertz CT molecular complexity index is 411. The van der Waals surface area contributed by atoms with Gasteiger partial charge in [-0.05, 0) is 42.5 Å². The molecule has 1 aromatic rings. The van der Waals surface area contributed by atoms with Crippen LogP contribution in [0.3, 0.4) is 0 Å². The first-order valence-electron chi connectivity index (χ1n) is 6.86. The molecule has 2 aliphatic rings. The summed E-state index contributed by atoms with van der Waals surface area (Å²) >= 11 is 0. The summed E-state index contributed by atoms with van der Waals surface area (Å²) < 4.78 is 0. The van der Waals surface area contributed by atoms with E-state index in [2.05, 4.69) is 42.3 Å². The zero-order chi connectivity index (χ0) is 11.8. The van der Waals surface area contributed by atoms with Crippen molar-refractivity contribution in [3.8, 4) is 0 Å². The molecule has 2 heterocycles. The molecule has 0 spiro atoms. The van der Waals surface area contributed by atoms with Gasteiger partial charge in [0.1, 0.15) is 0 Å². The topological polar surface area (TPSA) is 15.3 Å². The van der Waals surface area contributed by atoms with Crippen LogP contribution in [0.2, 0.25) is 0 Å². The highest BCUT2D eigenvalue weighted by Gasteiger charge is 2.30. The summed E-state index contributed by atoms with van der Waals surface area (Å²) in [5.41, 5.74) is 4.53. The summed E-state index contributed by atoms with van der Waals surface area (Å²) in [6, 6.07) is 7.77. The van der Waals surface area contributed by atoms with Crippen molar-refractivity contribution in [2.45, 2.75) is 38.6 Å². The van der Waals surface area contributed by atoms with Gasteiger partial charge in [0.2, 0.25) is 0 Å². The van der Waals surface area contributed by atoms with Crippen LogP contribution in [0.1, 0.15) is 37.3 Å². The lowest BCUT2D eigenvalue weighted by Crippen LogP contribution is -2.36. The lowest BCUT2D eigenvalue weighted by atomic mass is 9.99. The Morgan fingerprint density at radius 3 is 3.06 bits per heavy atom. The van der Waals surface area contributed by atoms with Crippen LogP contribution in [0.5, 0.6) is 0 Å². The highest BCUT2D eigenvalue weighted by atomic mass is 15.2. The molecular formula is C15H22N2. The minimum Gasteiger partial charge on any atom is -0.367 e. The molecule has 0 aromatic heterocycles. The number of nitrogens with one attached hydrogen (secondary N) is 1. The molecule has 1 aromatic carbocycles. The Morgan fingerprint density at radius 1 is 1.35 bits per heavy atom. The monoisotopic (exact) mass is 230 g/mol. The van der Waals surface area contributed by atoms with Gasteiger partial charge in [-0.3, -0.25) is 0 Å². The molecule has 1 N–H and O–H groups in total. The summed E-state index contributed by atoms with van der Waals surface area (Å²) in [5, 5.41) is 3.55. The van der Waals surface area contributed by atoms with Crippen molar-refractivity contribution in [3.05, 3.63) is 29.3 Å². The van der Waals surface area contributed by atoms with Gasteiger partial charge in [-0.2, -0.15) is 0 Å². The number of anilines is 1. The summed E-state index contributed by atoms with van der Waals surface area (Å²) in [6.07, 6.45) is 2.49. The van der Waals surface area contributed by atoms with Gasteiger partial charge in [0, 0.05) is 24.8 Å². The molecule has 0 aliphatic carbocycles. The Kier molecular flexibility index (Phi) is 2.83. The molecule has 2 aliphatic heterocycles. The average Bonchev–Trinajstić information content (AvgIpc) is 2.50. The first kappa shape index (κ1) is 11.1. The van der Waals surface area contributed by atoms with Gasteiger partial charge in [0.25, 0.3) is 0 Å². The number of rotatable bonds is 1. The van der Waals surface area contributed by atoms with E-state index in [1.165, 1.54) is 37.2 Å². The van der Waals surface area contributed by atoms with Crippen LogP contribution in [-0.4, -0.2) is 25.7 Å². The van der Waals surface area contributed by atoms with Crippen LogP contribution < -0.4 is 10.2 Å². The van der Waals surface area contributed by atoms with E-state index < -0.39 is 0 Å². The zero-order valence-corrected chi connectivity index (χ0v) is 10.9. The fourth-order valence-electron chi connectivity index (χ4n) is 3.10. The average molecular weight is 230 g/mol. The van der Waals surface area contributed by atoms with Crippen molar-refractivity contribution < 1.29 is 0 Å². The van der Waals surface area contributed by atoms with Gasteiger partial charge >= 0.3 is 0 Å². The van der Waals surface area contributed by atoms with Crippen molar-refractivity contribution in [1.29, 1.82) is 0 Å². The van der Waals surface area contributed by atoms with Gasteiger partial charge in [0.15, 0.2) is 0 Å². The van der Waals surface area contributed by atoms with Gasteiger partial charge in [0.05, 0.1) is 0 Å². The first-order valence-corrected chi connectivity index (χ1v) is 6.86. The molecule has 0 bridgehead atoms. The van der Waals surface area contributed by atoms with E-state index in [1.807, 2.05) is 0 Å². The minimum atomic E-state index is 0.638. The van der Waals surface area contributed by atoms with Crippen molar-refractivity contribution in [1.82, 2.24) is 5.32 Å². The van der Waals surface area contributed by atoms with E-state index in [9.17, 15) is 0 Å². The molecule has 17 heavy (non-hydrogen) atoms. The van der Waals surface area contributed by atoms with Crippen LogP contribution in [0.4, 0.5) is 5.69 Å². The normalized spacial score (nSPS) is 23.5. The molecule has 2 nitrogen and oxygen atoms in total. The van der Waals surface area contributed by atoms with Crippen molar-refractivity contribution in [2.75, 3.05) is 24.5 Å². The molecule has 1 unspecified atom stereocenters. The Morgan fingerprint density at radius 2 is 2.24 bits per heavy atom. The molecule has 2 heteroatoms. The second-order valence-corrected chi connectivity index (χ2v) is 5.65. The molecule has 92 valence electrons. The van der Waals surface area contributed by atoms with Crippen LogP contribution in [0.25, 0.3) is 0 Å². The lowest BCUT2D eigenvalue weighted by Gasteiger charge is -2.24. The second kappa shape index (κ2) is 4.34. The quantitative estimate of drug-likeness (QED) is 0.797. The van der Waals surface area contributed by atoms with Gasteiger partial charge < -0.3 is 10.2 Å².